The maximum Gasteiger partial charge on any atom is 0.261 e. The fraction of sp³-hybridized carbons (Fsp3) is 0.0588. The second-order valence-corrected chi connectivity index (χ2v) is 4.94. The van der Waals surface area contributed by atoms with Gasteiger partial charge in [-0.3, -0.25) is 9.59 Å². The highest BCUT2D eigenvalue weighted by Gasteiger charge is 2.13. The number of para-hydroxylation sites is 1. The third-order valence-corrected chi connectivity index (χ3v) is 3.45. The van der Waals surface area contributed by atoms with Crippen molar-refractivity contribution in [2.75, 3.05) is 5.32 Å². The normalized spacial score (nSPS) is 10.6. The number of nitrogens with two attached hydrogens (primary N) is 1. The number of carbonyl (C=O) groups is 1. The highest BCUT2D eigenvalue weighted by Crippen LogP contribution is 2.12. The molecule has 0 aliphatic heterocycles. The van der Waals surface area contributed by atoms with Crippen LogP contribution in [0.1, 0.15) is 15.9 Å². The van der Waals surface area contributed by atoms with Crippen LogP contribution in [0.4, 0.5) is 5.69 Å². The largest absolute Gasteiger partial charge is 0.360 e. The van der Waals surface area contributed by atoms with E-state index in [2.05, 4.69) is 10.3 Å². The molecule has 0 aliphatic carbocycles. The van der Waals surface area contributed by atoms with Gasteiger partial charge in [0.15, 0.2) is 0 Å². The summed E-state index contributed by atoms with van der Waals surface area (Å²) < 4.78 is 0. The van der Waals surface area contributed by atoms with Crippen molar-refractivity contribution in [2.45, 2.75) is 6.54 Å². The fourth-order valence-electron chi connectivity index (χ4n) is 2.31. The summed E-state index contributed by atoms with van der Waals surface area (Å²) in [6.07, 6.45) is 1.44. The van der Waals surface area contributed by atoms with Gasteiger partial charge >= 0.3 is 0 Å². The number of aromatic amines is 1. The minimum Gasteiger partial charge on any atom is -0.360 e. The number of nitrogens with one attached hydrogen (secondary N) is 2. The molecule has 3 rings (SSSR count). The van der Waals surface area contributed by atoms with Crippen molar-refractivity contribution in [1.82, 2.24) is 4.98 Å². The van der Waals surface area contributed by atoms with Gasteiger partial charge in [0.25, 0.3) is 5.91 Å². The first-order valence-electron chi connectivity index (χ1n) is 6.90. The standard InChI is InChI=1S/C17H15N3O2/c18-9-11-4-3-5-12(8-11)20-17(22)14-10-19-15-7-2-1-6-13(15)16(14)21/h1-8,10H,9,18H2,(H,19,21)(H,20,22). The molecule has 1 heterocycles. The van der Waals surface area contributed by atoms with Crippen molar-refractivity contribution >= 4 is 22.5 Å². The number of amides is 1. The molecule has 0 unspecified atom stereocenters. The van der Waals surface area contributed by atoms with E-state index in [-0.39, 0.29) is 11.0 Å². The zero-order chi connectivity index (χ0) is 15.5. The third kappa shape index (κ3) is 2.62. The number of benzene rings is 2. The molecule has 1 amide bonds. The number of anilines is 1. The van der Waals surface area contributed by atoms with Gasteiger partial charge in [0.2, 0.25) is 5.43 Å². The zero-order valence-electron chi connectivity index (χ0n) is 11.8. The quantitative estimate of drug-likeness (QED) is 0.692. The summed E-state index contributed by atoms with van der Waals surface area (Å²) in [7, 11) is 0. The van der Waals surface area contributed by atoms with E-state index in [1.807, 2.05) is 18.2 Å². The van der Waals surface area contributed by atoms with Crippen LogP contribution in [0, 0.1) is 0 Å². The van der Waals surface area contributed by atoms with Crippen LogP contribution in [0.5, 0.6) is 0 Å². The Morgan fingerprint density at radius 1 is 1.14 bits per heavy atom. The van der Waals surface area contributed by atoms with Crippen LogP contribution >= 0.6 is 0 Å². The van der Waals surface area contributed by atoms with Crippen molar-refractivity contribution in [3.8, 4) is 0 Å². The van der Waals surface area contributed by atoms with Gasteiger partial charge in [-0.1, -0.05) is 24.3 Å². The molecule has 0 spiro atoms. The average Bonchev–Trinajstić information content (AvgIpc) is 2.55. The predicted octanol–water partition coefficient (Wildman–Crippen LogP) is 2.24. The monoisotopic (exact) mass is 293 g/mol. The van der Waals surface area contributed by atoms with Crippen molar-refractivity contribution in [3.05, 3.63) is 76.1 Å². The minimum absolute atomic E-state index is 0.0804. The molecule has 4 N–H and O–H groups in total. The smallest absolute Gasteiger partial charge is 0.261 e. The molecular formula is C17H15N3O2. The van der Waals surface area contributed by atoms with Crippen molar-refractivity contribution < 1.29 is 4.79 Å². The molecule has 0 atom stereocenters. The molecule has 5 nitrogen and oxygen atoms in total. The molecule has 1 aromatic heterocycles. The molecule has 0 radical (unpaired) electrons. The molecule has 110 valence electrons. The van der Waals surface area contributed by atoms with Crippen LogP contribution in [0.3, 0.4) is 0 Å². The lowest BCUT2D eigenvalue weighted by atomic mass is 10.1. The Morgan fingerprint density at radius 2 is 1.95 bits per heavy atom. The highest BCUT2D eigenvalue weighted by molar-refractivity contribution is 6.05. The van der Waals surface area contributed by atoms with E-state index in [0.717, 1.165) is 5.56 Å². The number of pyridine rings is 1. The van der Waals surface area contributed by atoms with E-state index in [4.69, 9.17) is 5.73 Å². The van der Waals surface area contributed by atoms with Crippen molar-refractivity contribution in [1.29, 1.82) is 0 Å². The molecule has 3 aromatic rings. The summed E-state index contributed by atoms with van der Waals surface area (Å²) >= 11 is 0. The molecule has 0 saturated carbocycles. The number of hydrogen-bond acceptors (Lipinski definition) is 3. The molecule has 0 aliphatic rings. The lowest BCUT2D eigenvalue weighted by molar-refractivity contribution is 0.102. The van der Waals surface area contributed by atoms with Crippen molar-refractivity contribution in [3.63, 3.8) is 0 Å². The van der Waals surface area contributed by atoms with Gasteiger partial charge < -0.3 is 16.0 Å². The minimum atomic E-state index is -0.443. The van der Waals surface area contributed by atoms with Crippen LogP contribution in [0.2, 0.25) is 0 Å². The summed E-state index contributed by atoms with van der Waals surface area (Å²) in [6, 6.07) is 14.3. The first-order chi connectivity index (χ1) is 10.7. The second-order valence-electron chi connectivity index (χ2n) is 4.94. The van der Waals surface area contributed by atoms with Crippen LogP contribution in [-0.2, 0) is 6.54 Å². The van der Waals surface area contributed by atoms with Crippen LogP contribution < -0.4 is 16.5 Å². The van der Waals surface area contributed by atoms with E-state index in [1.165, 1.54) is 6.20 Å². The number of carbonyl (C=O) groups excluding carboxylic acids is 1. The van der Waals surface area contributed by atoms with Gasteiger partial charge in [0.05, 0.1) is 0 Å². The number of H-pyrrole nitrogens is 1. The summed E-state index contributed by atoms with van der Waals surface area (Å²) in [5, 5.41) is 3.22. The molecular weight excluding hydrogens is 278 g/mol. The third-order valence-electron chi connectivity index (χ3n) is 3.45. The summed E-state index contributed by atoms with van der Waals surface area (Å²) in [6.45, 7) is 0.389. The van der Waals surface area contributed by atoms with Crippen LogP contribution in [0.15, 0.2) is 59.5 Å². The van der Waals surface area contributed by atoms with E-state index in [9.17, 15) is 9.59 Å². The zero-order valence-corrected chi connectivity index (χ0v) is 11.8. The Hall–Kier alpha value is -2.92. The maximum atomic E-state index is 12.4. The Labute approximate surface area is 126 Å². The summed E-state index contributed by atoms with van der Waals surface area (Å²) in [4.78, 5) is 27.7. The van der Waals surface area contributed by atoms with Gasteiger partial charge in [-0.15, -0.1) is 0 Å². The molecule has 2 aromatic carbocycles. The van der Waals surface area contributed by atoms with Crippen molar-refractivity contribution in [2.24, 2.45) is 5.73 Å². The lowest BCUT2D eigenvalue weighted by Gasteiger charge is -2.07. The topological polar surface area (TPSA) is 88.0 Å². The van der Waals surface area contributed by atoms with E-state index >= 15 is 0 Å². The van der Waals surface area contributed by atoms with E-state index in [1.54, 1.807) is 30.3 Å². The molecule has 0 saturated heterocycles. The first kappa shape index (κ1) is 14.0. The molecule has 0 bridgehead atoms. The van der Waals surface area contributed by atoms with Gasteiger partial charge in [0.1, 0.15) is 5.56 Å². The van der Waals surface area contributed by atoms with Gasteiger partial charge in [0, 0.05) is 29.3 Å². The second kappa shape index (κ2) is 5.83. The Bertz CT molecular complexity index is 900. The van der Waals surface area contributed by atoms with E-state index < -0.39 is 5.91 Å². The number of fused-ring (bicyclic) bond motifs is 1. The fourth-order valence-corrected chi connectivity index (χ4v) is 2.31. The average molecular weight is 293 g/mol. The Morgan fingerprint density at radius 3 is 2.77 bits per heavy atom. The van der Waals surface area contributed by atoms with Crippen LogP contribution in [-0.4, -0.2) is 10.9 Å². The number of hydrogen-bond donors (Lipinski definition) is 3. The predicted molar refractivity (Wildman–Crippen MR) is 86.9 cm³/mol. The van der Waals surface area contributed by atoms with Gasteiger partial charge in [-0.2, -0.15) is 0 Å². The molecule has 0 fully saturated rings. The lowest BCUT2D eigenvalue weighted by Crippen LogP contribution is -2.22. The Balaban J connectivity index is 1.95. The summed E-state index contributed by atoms with van der Waals surface area (Å²) in [5.74, 6) is -0.443. The molecule has 5 heteroatoms. The SMILES string of the molecule is NCc1cccc(NC(=O)c2c[nH]c3ccccc3c2=O)c1. The van der Waals surface area contributed by atoms with Gasteiger partial charge in [-0.05, 0) is 29.8 Å². The first-order valence-corrected chi connectivity index (χ1v) is 6.90. The number of rotatable bonds is 3. The number of aromatic nitrogens is 1. The van der Waals surface area contributed by atoms with E-state index in [0.29, 0.717) is 23.1 Å². The Kier molecular flexibility index (Phi) is 3.72. The maximum absolute atomic E-state index is 12.4. The highest BCUT2D eigenvalue weighted by atomic mass is 16.2. The molecule has 22 heavy (non-hydrogen) atoms. The summed E-state index contributed by atoms with van der Waals surface area (Å²) in [5.41, 5.74) is 7.59. The van der Waals surface area contributed by atoms with Gasteiger partial charge in [-0.25, -0.2) is 0 Å². The van der Waals surface area contributed by atoms with Crippen LogP contribution in [0.25, 0.3) is 10.9 Å².